The Bertz CT molecular complexity index is 1270. The molecule has 2 aliphatic heterocycles. The average Bonchev–Trinajstić information content (AvgIpc) is 3.55. The van der Waals surface area contributed by atoms with Crippen molar-refractivity contribution in [3.63, 3.8) is 0 Å². The molecule has 0 bridgehead atoms. The SMILES string of the molecule is COc1ccc(Cl)c(/C(O)=C2\C(=O)C(=O)N(CC3CCCO3)C2c2c[nH]c3ccccc23)c1. The Morgan fingerprint density at radius 2 is 2.09 bits per heavy atom. The number of benzene rings is 2. The van der Waals surface area contributed by atoms with Gasteiger partial charge in [0.25, 0.3) is 11.7 Å². The molecule has 2 atom stereocenters. The third-order valence-electron chi connectivity index (χ3n) is 6.31. The minimum Gasteiger partial charge on any atom is -0.507 e. The quantitative estimate of drug-likeness (QED) is 0.329. The molecule has 2 saturated heterocycles. The highest BCUT2D eigenvalue weighted by Crippen LogP contribution is 2.43. The topological polar surface area (TPSA) is 91.9 Å². The zero-order chi connectivity index (χ0) is 23.1. The summed E-state index contributed by atoms with van der Waals surface area (Å²) in [4.78, 5) is 31.2. The standard InChI is InChI=1S/C25H23ClN2O5/c1-32-14-8-9-19(26)17(11-14)23(29)21-22(18-12-27-20-7-3-2-6-16(18)20)28(25(31)24(21)30)13-15-5-4-10-33-15/h2-3,6-9,11-12,15,22,27,29H,4-5,10,13H2,1H3/b23-21+. The van der Waals surface area contributed by atoms with Crippen LogP contribution in [0.15, 0.2) is 54.2 Å². The second-order valence-electron chi connectivity index (χ2n) is 8.22. The highest BCUT2D eigenvalue weighted by atomic mass is 35.5. The predicted molar refractivity (Wildman–Crippen MR) is 124 cm³/mol. The molecule has 1 aromatic heterocycles. The van der Waals surface area contributed by atoms with E-state index < -0.39 is 17.7 Å². The molecule has 33 heavy (non-hydrogen) atoms. The zero-order valence-electron chi connectivity index (χ0n) is 18.0. The van der Waals surface area contributed by atoms with Crippen LogP contribution in [0.1, 0.15) is 30.0 Å². The number of Topliss-reactive ketones (excluding diaryl/α,β-unsaturated/α-hetero) is 1. The maximum absolute atomic E-state index is 13.3. The summed E-state index contributed by atoms with van der Waals surface area (Å²) < 4.78 is 11.0. The molecule has 3 heterocycles. The molecule has 0 spiro atoms. The highest BCUT2D eigenvalue weighted by Gasteiger charge is 2.48. The fourth-order valence-corrected chi connectivity index (χ4v) is 4.88. The van der Waals surface area contributed by atoms with E-state index >= 15 is 0 Å². The van der Waals surface area contributed by atoms with Crippen molar-refractivity contribution in [1.29, 1.82) is 0 Å². The van der Waals surface area contributed by atoms with Gasteiger partial charge in [0, 0.05) is 41.4 Å². The molecule has 8 heteroatoms. The molecule has 1 amide bonds. The summed E-state index contributed by atoms with van der Waals surface area (Å²) >= 11 is 6.37. The number of hydrogen-bond acceptors (Lipinski definition) is 5. The number of aliphatic hydroxyl groups is 1. The van der Waals surface area contributed by atoms with Crippen molar-refractivity contribution in [2.75, 3.05) is 20.3 Å². The van der Waals surface area contributed by atoms with Crippen LogP contribution in [0.25, 0.3) is 16.7 Å². The first-order valence-electron chi connectivity index (χ1n) is 10.8. The van der Waals surface area contributed by atoms with Crippen molar-refractivity contribution in [3.05, 3.63) is 70.4 Å². The Balaban J connectivity index is 1.70. The fourth-order valence-electron chi connectivity index (χ4n) is 4.68. The molecule has 7 nitrogen and oxygen atoms in total. The zero-order valence-corrected chi connectivity index (χ0v) is 18.8. The molecule has 170 valence electrons. The number of halogens is 1. The number of aliphatic hydroxyl groups excluding tert-OH is 1. The number of nitrogens with zero attached hydrogens (tertiary/aromatic N) is 1. The van der Waals surface area contributed by atoms with Gasteiger partial charge in [-0.15, -0.1) is 0 Å². The number of likely N-dealkylation sites (tertiary alicyclic amines) is 1. The van der Waals surface area contributed by atoms with Gasteiger partial charge in [-0.05, 0) is 37.1 Å². The van der Waals surface area contributed by atoms with Crippen molar-refractivity contribution in [2.45, 2.75) is 25.0 Å². The lowest BCUT2D eigenvalue weighted by atomic mass is 9.94. The number of rotatable bonds is 5. The number of ether oxygens (including phenoxy) is 2. The van der Waals surface area contributed by atoms with Gasteiger partial charge in [-0.25, -0.2) is 0 Å². The summed E-state index contributed by atoms with van der Waals surface area (Å²) in [6.07, 6.45) is 3.35. The summed E-state index contributed by atoms with van der Waals surface area (Å²) in [6.45, 7) is 0.892. The maximum Gasteiger partial charge on any atom is 0.295 e. The lowest BCUT2D eigenvalue weighted by Gasteiger charge is -2.27. The van der Waals surface area contributed by atoms with Gasteiger partial charge in [0.2, 0.25) is 0 Å². The first kappa shape index (κ1) is 21.6. The molecule has 2 aliphatic rings. The van der Waals surface area contributed by atoms with Crippen LogP contribution in [0, 0.1) is 0 Å². The number of carbonyl (C=O) groups is 2. The van der Waals surface area contributed by atoms with E-state index in [0.717, 1.165) is 29.3 Å². The number of aromatic amines is 1. The Hall–Kier alpha value is -3.29. The summed E-state index contributed by atoms with van der Waals surface area (Å²) in [5.74, 6) is -1.28. The van der Waals surface area contributed by atoms with E-state index in [-0.39, 0.29) is 34.6 Å². The van der Waals surface area contributed by atoms with E-state index in [9.17, 15) is 14.7 Å². The molecule has 2 N–H and O–H groups in total. The van der Waals surface area contributed by atoms with Gasteiger partial charge in [-0.2, -0.15) is 0 Å². The monoisotopic (exact) mass is 466 g/mol. The molecule has 0 aliphatic carbocycles. The lowest BCUT2D eigenvalue weighted by molar-refractivity contribution is -0.140. The van der Waals surface area contributed by atoms with Crippen LogP contribution < -0.4 is 4.74 Å². The maximum atomic E-state index is 13.3. The Labute approximate surface area is 195 Å². The van der Waals surface area contributed by atoms with E-state index in [1.54, 1.807) is 24.4 Å². The summed E-state index contributed by atoms with van der Waals surface area (Å²) in [5.41, 5.74) is 1.83. The number of H-pyrrole nitrogens is 1. The molecule has 0 radical (unpaired) electrons. The Morgan fingerprint density at radius 1 is 1.27 bits per heavy atom. The van der Waals surface area contributed by atoms with Crippen LogP contribution in [0.2, 0.25) is 5.02 Å². The molecule has 0 saturated carbocycles. The van der Waals surface area contributed by atoms with E-state index in [2.05, 4.69) is 4.98 Å². The minimum absolute atomic E-state index is 0.00194. The van der Waals surface area contributed by atoms with E-state index in [0.29, 0.717) is 12.4 Å². The minimum atomic E-state index is -0.785. The average molecular weight is 467 g/mol. The number of amides is 1. The van der Waals surface area contributed by atoms with E-state index in [1.807, 2.05) is 24.3 Å². The number of hydrogen-bond donors (Lipinski definition) is 2. The molecule has 3 aromatic rings. The van der Waals surface area contributed by atoms with E-state index in [4.69, 9.17) is 21.1 Å². The van der Waals surface area contributed by atoms with Gasteiger partial charge in [0.15, 0.2) is 0 Å². The van der Waals surface area contributed by atoms with Crippen LogP contribution in [0.4, 0.5) is 0 Å². The summed E-state index contributed by atoms with van der Waals surface area (Å²) in [5, 5.41) is 12.4. The van der Waals surface area contributed by atoms with Gasteiger partial charge in [0.05, 0.1) is 29.9 Å². The smallest absolute Gasteiger partial charge is 0.295 e. The predicted octanol–water partition coefficient (Wildman–Crippen LogP) is 4.43. The fraction of sp³-hybridized carbons (Fsp3) is 0.280. The molecule has 2 unspecified atom stereocenters. The van der Waals surface area contributed by atoms with Crippen LogP contribution >= 0.6 is 11.6 Å². The summed E-state index contributed by atoms with van der Waals surface area (Å²) in [7, 11) is 1.50. The molecule has 2 aromatic carbocycles. The number of methoxy groups -OCH3 is 1. The van der Waals surface area contributed by atoms with Crippen LogP contribution in [0.3, 0.4) is 0 Å². The van der Waals surface area contributed by atoms with Crippen molar-refractivity contribution >= 4 is 40.0 Å². The van der Waals surface area contributed by atoms with Crippen LogP contribution in [0.5, 0.6) is 5.75 Å². The third-order valence-corrected chi connectivity index (χ3v) is 6.64. The van der Waals surface area contributed by atoms with Gasteiger partial charge >= 0.3 is 0 Å². The lowest BCUT2D eigenvalue weighted by Crippen LogP contribution is -2.36. The van der Waals surface area contributed by atoms with Gasteiger partial charge in [-0.1, -0.05) is 29.8 Å². The van der Waals surface area contributed by atoms with Crippen LogP contribution in [-0.2, 0) is 14.3 Å². The van der Waals surface area contributed by atoms with Gasteiger partial charge in [0.1, 0.15) is 11.5 Å². The third kappa shape index (κ3) is 3.67. The first-order chi connectivity index (χ1) is 16.0. The Morgan fingerprint density at radius 3 is 2.85 bits per heavy atom. The Kier molecular flexibility index (Phi) is 5.60. The highest BCUT2D eigenvalue weighted by molar-refractivity contribution is 6.47. The second-order valence-corrected chi connectivity index (χ2v) is 8.63. The summed E-state index contributed by atoms with van der Waals surface area (Å²) in [6, 6.07) is 11.7. The van der Waals surface area contributed by atoms with Crippen molar-refractivity contribution in [2.24, 2.45) is 0 Å². The number of para-hydroxylation sites is 1. The van der Waals surface area contributed by atoms with Crippen molar-refractivity contribution in [1.82, 2.24) is 9.88 Å². The molecule has 2 fully saturated rings. The second kappa shape index (κ2) is 8.57. The molecular formula is C25H23ClN2O5. The van der Waals surface area contributed by atoms with Gasteiger partial charge in [-0.3, -0.25) is 9.59 Å². The number of nitrogens with one attached hydrogen (secondary N) is 1. The van der Waals surface area contributed by atoms with Crippen molar-refractivity contribution < 1.29 is 24.2 Å². The number of ketones is 1. The van der Waals surface area contributed by atoms with E-state index in [1.165, 1.54) is 12.0 Å². The van der Waals surface area contributed by atoms with Crippen molar-refractivity contribution in [3.8, 4) is 5.75 Å². The normalized spacial score (nSPS) is 22.4. The molecular weight excluding hydrogens is 444 g/mol. The molecule has 5 rings (SSSR count). The van der Waals surface area contributed by atoms with Gasteiger partial charge < -0.3 is 24.5 Å². The number of carbonyl (C=O) groups excluding carboxylic acids is 2. The number of aromatic nitrogens is 1. The van der Waals surface area contributed by atoms with Crippen LogP contribution in [-0.4, -0.2) is 53.0 Å². The largest absolute Gasteiger partial charge is 0.507 e. The number of fused-ring (bicyclic) bond motifs is 1. The first-order valence-corrected chi connectivity index (χ1v) is 11.2.